The highest BCUT2D eigenvalue weighted by atomic mass is 16.5. The molecule has 1 atom stereocenters. The van der Waals surface area contributed by atoms with Crippen LogP contribution in [0.15, 0.2) is 30.3 Å². The first-order chi connectivity index (χ1) is 12.2. The SMILES string of the molecule is CCN1C[C@@H](C(=O)N2CCC(OCc3ccccc3)CC2)CCC1=O. The monoisotopic (exact) mass is 344 g/mol. The highest BCUT2D eigenvalue weighted by Gasteiger charge is 2.33. The maximum absolute atomic E-state index is 12.8. The van der Waals surface area contributed by atoms with E-state index in [0.717, 1.165) is 25.9 Å². The summed E-state index contributed by atoms with van der Waals surface area (Å²) in [6.45, 7) is 5.40. The maximum Gasteiger partial charge on any atom is 0.227 e. The largest absolute Gasteiger partial charge is 0.373 e. The second-order valence-corrected chi connectivity index (χ2v) is 6.99. The molecule has 1 aromatic carbocycles. The number of carbonyl (C=O) groups excluding carboxylic acids is 2. The van der Waals surface area contributed by atoms with E-state index in [0.29, 0.717) is 32.5 Å². The van der Waals surface area contributed by atoms with Crippen molar-refractivity contribution in [2.45, 2.75) is 45.3 Å². The highest BCUT2D eigenvalue weighted by Crippen LogP contribution is 2.23. The Bertz CT molecular complexity index is 582. The van der Waals surface area contributed by atoms with E-state index in [9.17, 15) is 9.59 Å². The van der Waals surface area contributed by atoms with Gasteiger partial charge in [-0.25, -0.2) is 0 Å². The van der Waals surface area contributed by atoms with Crippen molar-refractivity contribution in [3.63, 3.8) is 0 Å². The van der Waals surface area contributed by atoms with Gasteiger partial charge in [-0.1, -0.05) is 30.3 Å². The van der Waals surface area contributed by atoms with Crippen LogP contribution in [0.5, 0.6) is 0 Å². The van der Waals surface area contributed by atoms with Crippen LogP contribution in [0.1, 0.15) is 38.2 Å². The molecule has 2 aliphatic rings. The lowest BCUT2D eigenvalue weighted by Crippen LogP contribution is -2.49. The molecule has 2 fully saturated rings. The Morgan fingerprint density at radius 2 is 1.88 bits per heavy atom. The second-order valence-electron chi connectivity index (χ2n) is 6.99. The lowest BCUT2D eigenvalue weighted by molar-refractivity contribution is -0.144. The number of piperidine rings is 2. The van der Waals surface area contributed by atoms with Crippen molar-refractivity contribution in [1.82, 2.24) is 9.80 Å². The Labute approximate surface area is 149 Å². The molecule has 0 spiro atoms. The van der Waals surface area contributed by atoms with Crippen molar-refractivity contribution < 1.29 is 14.3 Å². The van der Waals surface area contributed by atoms with E-state index in [1.807, 2.05) is 34.9 Å². The topological polar surface area (TPSA) is 49.9 Å². The molecular formula is C20H28N2O3. The first-order valence-electron chi connectivity index (χ1n) is 9.39. The van der Waals surface area contributed by atoms with Gasteiger partial charge in [0.15, 0.2) is 0 Å². The van der Waals surface area contributed by atoms with E-state index in [1.165, 1.54) is 5.56 Å². The van der Waals surface area contributed by atoms with Crippen LogP contribution < -0.4 is 0 Å². The Kier molecular flexibility index (Phi) is 6.08. The predicted molar refractivity (Wildman–Crippen MR) is 95.8 cm³/mol. The molecule has 3 rings (SSSR count). The zero-order chi connectivity index (χ0) is 17.6. The molecule has 0 aliphatic carbocycles. The third kappa shape index (κ3) is 4.60. The molecule has 5 heteroatoms. The molecule has 2 saturated heterocycles. The fourth-order valence-corrected chi connectivity index (χ4v) is 3.71. The molecule has 0 aromatic heterocycles. The van der Waals surface area contributed by atoms with E-state index in [2.05, 4.69) is 12.1 Å². The van der Waals surface area contributed by atoms with Gasteiger partial charge >= 0.3 is 0 Å². The summed E-state index contributed by atoms with van der Waals surface area (Å²) < 4.78 is 6.00. The number of hydrogen-bond acceptors (Lipinski definition) is 3. The summed E-state index contributed by atoms with van der Waals surface area (Å²) in [7, 11) is 0. The maximum atomic E-state index is 12.8. The smallest absolute Gasteiger partial charge is 0.227 e. The number of rotatable bonds is 5. The van der Waals surface area contributed by atoms with Gasteiger partial charge in [0.1, 0.15) is 0 Å². The van der Waals surface area contributed by atoms with Crippen molar-refractivity contribution in [2.75, 3.05) is 26.2 Å². The second kappa shape index (κ2) is 8.48. The average Bonchev–Trinajstić information content (AvgIpc) is 2.67. The van der Waals surface area contributed by atoms with Crippen molar-refractivity contribution >= 4 is 11.8 Å². The van der Waals surface area contributed by atoms with Crippen molar-refractivity contribution in [1.29, 1.82) is 0 Å². The van der Waals surface area contributed by atoms with Crippen LogP contribution in [0.25, 0.3) is 0 Å². The molecule has 25 heavy (non-hydrogen) atoms. The van der Waals surface area contributed by atoms with E-state index < -0.39 is 0 Å². The first kappa shape index (κ1) is 17.9. The number of nitrogens with zero attached hydrogens (tertiary/aromatic N) is 2. The van der Waals surface area contributed by atoms with Gasteiger partial charge in [0.25, 0.3) is 0 Å². The molecular weight excluding hydrogens is 316 g/mol. The minimum absolute atomic E-state index is 0.0283. The Balaban J connectivity index is 1.44. The van der Waals surface area contributed by atoms with E-state index in [4.69, 9.17) is 4.74 Å². The minimum Gasteiger partial charge on any atom is -0.373 e. The number of hydrogen-bond donors (Lipinski definition) is 0. The average molecular weight is 344 g/mol. The van der Waals surface area contributed by atoms with Gasteiger partial charge in [-0.2, -0.15) is 0 Å². The van der Waals surface area contributed by atoms with E-state index in [-0.39, 0.29) is 23.8 Å². The quantitative estimate of drug-likeness (QED) is 0.824. The number of likely N-dealkylation sites (tertiary alicyclic amines) is 2. The van der Waals surface area contributed by atoms with Gasteiger partial charge in [0.05, 0.1) is 18.6 Å². The van der Waals surface area contributed by atoms with Crippen LogP contribution >= 0.6 is 0 Å². The summed E-state index contributed by atoms with van der Waals surface area (Å²) in [5, 5.41) is 0. The van der Waals surface area contributed by atoms with Gasteiger partial charge in [0, 0.05) is 32.6 Å². The molecule has 0 bridgehead atoms. The summed E-state index contributed by atoms with van der Waals surface area (Å²) in [5.74, 6) is 0.367. The fraction of sp³-hybridized carbons (Fsp3) is 0.600. The van der Waals surface area contributed by atoms with Gasteiger partial charge in [-0.05, 0) is 31.7 Å². The Morgan fingerprint density at radius 3 is 2.56 bits per heavy atom. The third-order valence-corrected chi connectivity index (χ3v) is 5.31. The van der Waals surface area contributed by atoms with Crippen molar-refractivity contribution in [2.24, 2.45) is 5.92 Å². The number of carbonyl (C=O) groups is 2. The number of amides is 2. The van der Waals surface area contributed by atoms with Crippen molar-refractivity contribution in [3.05, 3.63) is 35.9 Å². The van der Waals surface area contributed by atoms with Crippen LogP contribution in [-0.2, 0) is 20.9 Å². The molecule has 2 amide bonds. The van der Waals surface area contributed by atoms with Crippen LogP contribution in [0.4, 0.5) is 0 Å². The highest BCUT2D eigenvalue weighted by molar-refractivity contribution is 5.84. The van der Waals surface area contributed by atoms with E-state index in [1.54, 1.807) is 0 Å². The number of benzene rings is 1. The molecule has 0 unspecified atom stereocenters. The number of ether oxygens (including phenoxy) is 1. The summed E-state index contributed by atoms with van der Waals surface area (Å²) in [5.41, 5.74) is 1.19. The molecule has 2 heterocycles. The van der Waals surface area contributed by atoms with Crippen LogP contribution in [-0.4, -0.2) is 53.9 Å². The third-order valence-electron chi connectivity index (χ3n) is 5.31. The van der Waals surface area contributed by atoms with E-state index >= 15 is 0 Å². The van der Waals surface area contributed by atoms with Crippen LogP contribution in [0, 0.1) is 5.92 Å². The summed E-state index contributed by atoms with van der Waals surface area (Å²) >= 11 is 0. The van der Waals surface area contributed by atoms with Gasteiger partial charge in [-0.3, -0.25) is 9.59 Å². The Hall–Kier alpha value is -1.88. The van der Waals surface area contributed by atoms with Gasteiger partial charge in [-0.15, -0.1) is 0 Å². The molecule has 0 N–H and O–H groups in total. The molecule has 2 aliphatic heterocycles. The first-order valence-corrected chi connectivity index (χ1v) is 9.39. The van der Waals surface area contributed by atoms with Crippen molar-refractivity contribution in [3.8, 4) is 0 Å². The standard InChI is InChI=1S/C20H28N2O3/c1-2-21-14-17(8-9-19(21)23)20(24)22-12-10-18(11-13-22)25-15-16-6-4-3-5-7-16/h3-7,17-18H,2,8-15H2,1H3/t17-/m0/s1. The lowest BCUT2D eigenvalue weighted by Gasteiger charge is -2.37. The lowest BCUT2D eigenvalue weighted by atomic mass is 9.95. The Morgan fingerprint density at radius 1 is 1.16 bits per heavy atom. The summed E-state index contributed by atoms with van der Waals surface area (Å²) in [6, 6.07) is 10.2. The predicted octanol–water partition coefficient (Wildman–Crippen LogP) is 2.45. The zero-order valence-electron chi connectivity index (χ0n) is 15.0. The molecule has 1 aromatic rings. The molecule has 136 valence electrons. The van der Waals surface area contributed by atoms with Gasteiger partial charge in [0.2, 0.25) is 11.8 Å². The zero-order valence-corrected chi connectivity index (χ0v) is 15.0. The minimum atomic E-state index is -0.0283. The normalized spacial score (nSPS) is 22.3. The molecule has 0 saturated carbocycles. The molecule has 5 nitrogen and oxygen atoms in total. The fourth-order valence-electron chi connectivity index (χ4n) is 3.71. The van der Waals surface area contributed by atoms with Crippen LogP contribution in [0.2, 0.25) is 0 Å². The van der Waals surface area contributed by atoms with Crippen LogP contribution in [0.3, 0.4) is 0 Å². The molecule has 0 radical (unpaired) electrons. The summed E-state index contributed by atoms with van der Waals surface area (Å²) in [6.07, 6.45) is 3.20. The summed E-state index contributed by atoms with van der Waals surface area (Å²) in [4.78, 5) is 28.3. The van der Waals surface area contributed by atoms with Gasteiger partial charge < -0.3 is 14.5 Å².